The van der Waals surface area contributed by atoms with E-state index in [4.69, 9.17) is 4.74 Å². The second-order valence-corrected chi connectivity index (χ2v) is 5.02. The van der Waals surface area contributed by atoms with Gasteiger partial charge in [0, 0.05) is 7.05 Å². The molecule has 0 aromatic heterocycles. The summed E-state index contributed by atoms with van der Waals surface area (Å²) < 4.78 is 39.6. The van der Waals surface area contributed by atoms with E-state index in [9.17, 15) is 17.1 Å². The molecule has 0 atom stereocenters. The summed E-state index contributed by atoms with van der Waals surface area (Å²) in [5.41, 5.74) is 0.0590. The maximum absolute atomic E-state index is 12.8. The molecule has 5 nitrogen and oxygen atoms in total. The van der Waals surface area contributed by atoms with E-state index in [1.807, 2.05) is 0 Å². The van der Waals surface area contributed by atoms with Gasteiger partial charge >= 0.3 is 10.2 Å². The van der Waals surface area contributed by atoms with Crippen molar-refractivity contribution >= 4 is 16.1 Å². The Kier molecular flexibility index (Phi) is 2.78. The summed E-state index contributed by atoms with van der Waals surface area (Å²) in [5, 5.41) is 0. The second-order valence-electron chi connectivity index (χ2n) is 3.67. The molecular weight excluding hydrogens is 249 g/mol. The van der Waals surface area contributed by atoms with Crippen LogP contribution in [0, 0.1) is 0 Å². The topological polar surface area (TPSA) is 63.7 Å². The highest BCUT2D eigenvalue weighted by Gasteiger charge is 2.23. The molecule has 1 amide bonds. The first-order valence-corrected chi connectivity index (χ1v) is 6.25. The van der Waals surface area contributed by atoms with Gasteiger partial charge in [-0.25, -0.2) is 0 Å². The van der Waals surface area contributed by atoms with Crippen molar-refractivity contribution in [3.8, 4) is 5.75 Å². The zero-order valence-electron chi connectivity index (χ0n) is 9.01. The highest BCUT2D eigenvalue weighted by molar-refractivity contribution is 7.86. The molecule has 2 rings (SSSR count). The highest BCUT2D eigenvalue weighted by Crippen LogP contribution is 2.26. The number of rotatable bonds is 1. The second kappa shape index (κ2) is 3.99. The third-order valence-electron chi connectivity index (χ3n) is 2.49. The molecular formula is C10H10FNO4S. The summed E-state index contributed by atoms with van der Waals surface area (Å²) in [6, 6.07) is 3.36. The van der Waals surface area contributed by atoms with E-state index < -0.39 is 15.1 Å². The van der Waals surface area contributed by atoms with Crippen molar-refractivity contribution in [2.45, 2.75) is 4.90 Å². The molecule has 0 aliphatic carbocycles. The number of halogens is 1. The average Bonchev–Trinajstić information content (AvgIpc) is 2.39. The molecule has 0 radical (unpaired) electrons. The quantitative estimate of drug-likeness (QED) is 0.700. The van der Waals surface area contributed by atoms with Crippen molar-refractivity contribution in [3.63, 3.8) is 0 Å². The minimum Gasteiger partial charge on any atom is -0.491 e. The third-order valence-corrected chi connectivity index (χ3v) is 3.31. The number of hydrogen-bond donors (Lipinski definition) is 0. The van der Waals surface area contributed by atoms with Crippen LogP contribution in [0.3, 0.4) is 0 Å². The van der Waals surface area contributed by atoms with E-state index in [1.165, 1.54) is 11.0 Å². The molecule has 7 heteroatoms. The monoisotopic (exact) mass is 259 g/mol. The van der Waals surface area contributed by atoms with Gasteiger partial charge in [-0.3, -0.25) is 4.79 Å². The number of ether oxygens (including phenoxy) is 1. The summed E-state index contributed by atoms with van der Waals surface area (Å²) >= 11 is 0. The van der Waals surface area contributed by atoms with Crippen LogP contribution in [-0.4, -0.2) is 39.4 Å². The Hall–Kier alpha value is -1.63. The molecule has 1 aliphatic heterocycles. The van der Waals surface area contributed by atoms with Gasteiger partial charge in [-0.05, 0) is 18.2 Å². The van der Waals surface area contributed by atoms with Gasteiger partial charge in [-0.2, -0.15) is 8.42 Å². The molecule has 0 bridgehead atoms. The Bertz CT molecular complexity index is 570. The molecule has 0 saturated carbocycles. The fourth-order valence-corrected chi connectivity index (χ4v) is 2.04. The Balaban J connectivity index is 2.57. The molecule has 1 aromatic rings. The van der Waals surface area contributed by atoms with E-state index in [1.54, 1.807) is 7.05 Å². The fourth-order valence-electron chi connectivity index (χ4n) is 1.55. The minimum absolute atomic E-state index is 0.0590. The number of carbonyl (C=O) groups excluding carboxylic acids is 1. The number of fused-ring (bicyclic) bond motifs is 1. The van der Waals surface area contributed by atoms with Crippen LogP contribution < -0.4 is 4.74 Å². The Morgan fingerprint density at radius 3 is 2.76 bits per heavy atom. The Morgan fingerprint density at radius 2 is 2.12 bits per heavy atom. The van der Waals surface area contributed by atoms with Crippen molar-refractivity contribution < 1.29 is 21.8 Å². The predicted octanol–water partition coefficient (Wildman–Crippen LogP) is 0.809. The minimum atomic E-state index is -4.82. The summed E-state index contributed by atoms with van der Waals surface area (Å²) in [5.74, 6) is -0.116. The largest absolute Gasteiger partial charge is 0.491 e. The van der Waals surface area contributed by atoms with Crippen molar-refractivity contribution in [1.82, 2.24) is 4.90 Å². The van der Waals surface area contributed by atoms with Gasteiger partial charge in [0.15, 0.2) is 0 Å². The van der Waals surface area contributed by atoms with Crippen molar-refractivity contribution in [2.24, 2.45) is 0 Å². The van der Waals surface area contributed by atoms with Crippen molar-refractivity contribution in [3.05, 3.63) is 23.8 Å². The van der Waals surface area contributed by atoms with Gasteiger partial charge in [0.2, 0.25) is 0 Å². The summed E-state index contributed by atoms with van der Waals surface area (Å²) in [6.45, 7) is 0.710. The highest BCUT2D eigenvalue weighted by atomic mass is 32.3. The maximum atomic E-state index is 12.8. The standard InChI is InChI=1S/C10H10FNO4S/c1-12-4-5-16-9-3-2-7(17(11,14)15)6-8(9)10(12)13/h2-3,6H,4-5H2,1H3. The summed E-state index contributed by atoms with van der Waals surface area (Å²) in [6.07, 6.45) is 0. The number of carbonyl (C=O) groups is 1. The average molecular weight is 259 g/mol. The smallest absolute Gasteiger partial charge is 0.332 e. The number of amides is 1. The van der Waals surface area contributed by atoms with Crippen molar-refractivity contribution in [1.29, 1.82) is 0 Å². The first kappa shape index (κ1) is 11.8. The van der Waals surface area contributed by atoms with Crippen LogP contribution in [0.1, 0.15) is 10.4 Å². The van der Waals surface area contributed by atoms with Crippen LogP contribution in [0.25, 0.3) is 0 Å². The molecule has 0 saturated heterocycles. The van der Waals surface area contributed by atoms with E-state index >= 15 is 0 Å². The lowest BCUT2D eigenvalue weighted by Crippen LogP contribution is -2.27. The molecule has 1 aliphatic rings. The molecule has 17 heavy (non-hydrogen) atoms. The number of benzene rings is 1. The number of nitrogens with zero attached hydrogens (tertiary/aromatic N) is 1. The first-order chi connectivity index (χ1) is 7.89. The van der Waals surface area contributed by atoms with Gasteiger partial charge in [0.05, 0.1) is 17.0 Å². The number of hydrogen-bond acceptors (Lipinski definition) is 4. The Labute approximate surface area is 98.0 Å². The van der Waals surface area contributed by atoms with Crippen LogP contribution in [0.5, 0.6) is 5.75 Å². The molecule has 0 spiro atoms. The fraction of sp³-hybridized carbons (Fsp3) is 0.300. The SMILES string of the molecule is CN1CCOc2ccc(S(=O)(=O)F)cc2C1=O. The van der Waals surface area contributed by atoms with Crippen LogP contribution in [-0.2, 0) is 10.2 Å². The van der Waals surface area contributed by atoms with Gasteiger partial charge in [-0.1, -0.05) is 0 Å². The zero-order valence-corrected chi connectivity index (χ0v) is 9.83. The van der Waals surface area contributed by atoms with Gasteiger partial charge < -0.3 is 9.64 Å². The lowest BCUT2D eigenvalue weighted by molar-refractivity contribution is 0.0796. The van der Waals surface area contributed by atoms with E-state index in [2.05, 4.69) is 0 Å². The van der Waals surface area contributed by atoms with Gasteiger partial charge in [0.25, 0.3) is 5.91 Å². The van der Waals surface area contributed by atoms with E-state index in [0.29, 0.717) is 13.2 Å². The Morgan fingerprint density at radius 1 is 1.41 bits per heavy atom. The third kappa shape index (κ3) is 2.23. The molecule has 0 N–H and O–H groups in total. The molecule has 1 heterocycles. The normalized spacial score (nSPS) is 16.1. The maximum Gasteiger partial charge on any atom is 0.332 e. The van der Waals surface area contributed by atoms with Crippen LogP contribution >= 0.6 is 0 Å². The predicted molar refractivity (Wildman–Crippen MR) is 57.2 cm³/mol. The number of likely N-dealkylation sites (N-methyl/N-ethyl adjacent to an activating group) is 1. The van der Waals surface area contributed by atoms with Gasteiger partial charge in [-0.15, -0.1) is 3.89 Å². The van der Waals surface area contributed by atoms with Crippen LogP contribution in [0.15, 0.2) is 23.1 Å². The lowest BCUT2D eigenvalue weighted by atomic mass is 10.2. The van der Waals surface area contributed by atoms with E-state index in [0.717, 1.165) is 12.1 Å². The summed E-state index contributed by atoms with van der Waals surface area (Å²) in [4.78, 5) is 12.7. The molecule has 0 fully saturated rings. The molecule has 0 unspecified atom stereocenters. The van der Waals surface area contributed by atoms with E-state index in [-0.39, 0.29) is 17.2 Å². The molecule has 92 valence electrons. The zero-order chi connectivity index (χ0) is 12.6. The molecule has 1 aromatic carbocycles. The van der Waals surface area contributed by atoms with Crippen LogP contribution in [0.2, 0.25) is 0 Å². The summed E-state index contributed by atoms with van der Waals surface area (Å²) in [7, 11) is -3.25. The van der Waals surface area contributed by atoms with Gasteiger partial charge in [0.1, 0.15) is 12.4 Å². The first-order valence-electron chi connectivity index (χ1n) is 4.86. The lowest BCUT2D eigenvalue weighted by Gasteiger charge is -2.12. The van der Waals surface area contributed by atoms with Crippen LogP contribution in [0.4, 0.5) is 3.89 Å². The van der Waals surface area contributed by atoms with Crippen molar-refractivity contribution in [2.75, 3.05) is 20.2 Å².